The van der Waals surface area contributed by atoms with E-state index in [0.717, 1.165) is 0 Å². The molecule has 0 bridgehead atoms. The van der Waals surface area contributed by atoms with Crippen LogP contribution in [0.4, 0.5) is 22.0 Å². The molecule has 0 atom stereocenters. The van der Waals surface area contributed by atoms with Crippen molar-refractivity contribution in [1.82, 2.24) is 4.98 Å². The number of carbonyl (C=O) groups is 1. The summed E-state index contributed by atoms with van der Waals surface area (Å²) in [6.07, 6.45) is -9.17. The maximum absolute atomic E-state index is 12.5. The van der Waals surface area contributed by atoms with Crippen LogP contribution in [-0.2, 0) is 16.0 Å². The molecule has 0 aliphatic rings. The van der Waals surface area contributed by atoms with Gasteiger partial charge in [-0.15, -0.1) is 13.2 Å². The maximum Gasteiger partial charge on any atom is 0.573 e. The molecule has 0 saturated heterocycles. The molecule has 0 amide bonds. The van der Waals surface area contributed by atoms with E-state index < -0.39 is 47.7 Å². The Morgan fingerprint density at radius 1 is 1.38 bits per heavy atom. The summed E-state index contributed by atoms with van der Waals surface area (Å²) < 4.78 is 69.7. The lowest BCUT2D eigenvalue weighted by atomic mass is 10.2. The number of ether oxygens (including phenoxy) is 2. The first-order valence-corrected chi connectivity index (χ1v) is 5.59. The molecule has 10 heteroatoms. The van der Waals surface area contributed by atoms with Crippen LogP contribution in [0.5, 0.6) is 5.75 Å². The van der Waals surface area contributed by atoms with Gasteiger partial charge in [0.2, 0.25) is 5.43 Å². The number of nitrogens with one attached hydrogen (secondary N) is 1. The van der Waals surface area contributed by atoms with Crippen LogP contribution < -0.4 is 10.2 Å². The number of alkyl halides is 5. The second-order valence-electron chi connectivity index (χ2n) is 3.73. The van der Waals surface area contributed by atoms with Crippen molar-refractivity contribution in [3.8, 4) is 5.75 Å². The number of rotatable bonds is 5. The van der Waals surface area contributed by atoms with Crippen LogP contribution in [0.25, 0.3) is 0 Å². The van der Waals surface area contributed by atoms with Crippen LogP contribution in [-0.4, -0.2) is 23.9 Å². The fourth-order valence-corrected chi connectivity index (χ4v) is 1.45. The Morgan fingerprint density at radius 3 is 2.48 bits per heavy atom. The molecule has 0 aliphatic carbocycles. The number of aromatic nitrogens is 1. The molecule has 0 unspecified atom stereocenters. The van der Waals surface area contributed by atoms with E-state index >= 15 is 0 Å². The fraction of sp³-hybridized carbons (Fsp3) is 0.455. The Kier molecular flexibility index (Phi) is 5.28. The Bertz CT molecular complexity index is 567. The van der Waals surface area contributed by atoms with Crippen molar-refractivity contribution in [3.05, 3.63) is 27.7 Å². The number of H-pyrrole nitrogens is 1. The maximum atomic E-state index is 12.5. The number of aromatic amines is 1. The zero-order valence-electron chi connectivity index (χ0n) is 10.6. The number of pyridine rings is 1. The molecule has 0 aromatic carbocycles. The van der Waals surface area contributed by atoms with Gasteiger partial charge in [0.1, 0.15) is 0 Å². The molecule has 0 fully saturated rings. The molecule has 1 aromatic heterocycles. The summed E-state index contributed by atoms with van der Waals surface area (Å²) in [7, 11) is 0. The number of esters is 1. The van der Waals surface area contributed by atoms with Crippen LogP contribution in [0, 0.1) is 0 Å². The molecule has 0 radical (unpaired) electrons. The Balaban J connectivity index is 3.26. The third-order valence-electron chi connectivity index (χ3n) is 2.16. The van der Waals surface area contributed by atoms with E-state index in [4.69, 9.17) is 0 Å². The second kappa shape index (κ2) is 6.55. The SMILES string of the molecule is CCOC(=O)Cc1[nH]c(C(F)F)cc(=O)c1OC(F)(F)F. The highest BCUT2D eigenvalue weighted by molar-refractivity contribution is 5.72. The summed E-state index contributed by atoms with van der Waals surface area (Å²) in [6, 6.07) is 0.278. The highest BCUT2D eigenvalue weighted by atomic mass is 19.4. The summed E-state index contributed by atoms with van der Waals surface area (Å²) in [5, 5.41) is 0. The molecule has 1 aromatic rings. The standard InChI is InChI=1S/C11H10F5NO4/c1-2-20-8(19)4-5-9(21-11(14,15)16)7(18)3-6(17-5)10(12)13/h3,10H,2,4H2,1H3,(H,17,18). The number of halogens is 5. The van der Waals surface area contributed by atoms with Gasteiger partial charge < -0.3 is 14.5 Å². The van der Waals surface area contributed by atoms with Gasteiger partial charge in [0.25, 0.3) is 6.43 Å². The van der Waals surface area contributed by atoms with E-state index in [1.165, 1.54) is 6.92 Å². The predicted molar refractivity (Wildman–Crippen MR) is 59.0 cm³/mol. The average molecular weight is 315 g/mol. The predicted octanol–water partition coefficient (Wildman–Crippen LogP) is 2.32. The van der Waals surface area contributed by atoms with E-state index in [-0.39, 0.29) is 12.7 Å². The molecule has 0 saturated carbocycles. The van der Waals surface area contributed by atoms with Crippen LogP contribution in [0.2, 0.25) is 0 Å². The number of hydrogen-bond donors (Lipinski definition) is 1. The van der Waals surface area contributed by atoms with Gasteiger partial charge in [-0.2, -0.15) is 0 Å². The van der Waals surface area contributed by atoms with Crippen molar-refractivity contribution in [2.24, 2.45) is 0 Å². The van der Waals surface area contributed by atoms with Crippen molar-refractivity contribution in [2.45, 2.75) is 26.1 Å². The minimum absolute atomic E-state index is 0.0624. The Morgan fingerprint density at radius 2 is 2.00 bits per heavy atom. The van der Waals surface area contributed by atoms with Gasteiger partial charge in [0.05, 0.1) is 24.4 Å². The minimum atomic E-state index is -5.21. The van der Waals surface area contributed by atoms with Crippen molar-refractivity contribution < 1.29 is 36.2 Å². The van der Waals surface area contributed by atoms with Gasteiger partial charge >= 0.3 is 12.3 Å². The summed E-state index contributed by atoms with van der Waals surface area (Å²) in [5.74, 6) is -2.26. The zero-order valence-corrected chi connectivity index (χ0v) is 10.6. The molecule has 1 rings (SSSR count). The van der Waals surface area contributed by atoms with Crippen LogP contribution >= 0.6 is 0 Å². The van der Waals surface area contributed by atoms with E-state index in [1.54, 1.807) is 0 Å². The van der Waals surface area contributed by atoms with Crippen LogP contribution in [0.3, 0.4) is 0 Å². The number of carbonyl (C=O) groups excluding carboxylic acids is 1. The van der Waals surface area contributed by atoms with Crippen LogP contribution in [0.15, 0.2) is 10.9 Å². The molecule has 21 heavy (non-hydrogen) atoms. The molecular formula is C11H10F5NO4. The molecule has 5 nitrogen and oxygen atoms in total. The lowest BCUT2D eigenvalue weighted by Crippen LogP contribution is -2.25. The van der Waals surface area contributed by atoms with Gasteiger partial charge in [0, 0.05) is 6.07 Å². The Labute approximate surface area is 114 Å². The lowest BCUT2D eigenvalue weighted by molar-refractivity contribution is -0.275. The summed E-state index contributed by atoms with van der Waals surface area (Å²) in [5.41, 5.74) is -3.07. The molecule has 0 aliphatic heterocycles. The van der Waals surface area contributed by atoms with Crippen molar-refractivity contribution >= 4 is 5.97 Å². The third-order valence-corrected chi connectivity index (χ3v) is 2.16. The molecule has 1 N–H and O–H groups in total. The summed E-state index contributed by atoms with van der Waals surface area (Å²) in [4.78, 5) is 24.6. The molecule has 1 heterocycles. The number of hydrogen-bond acceptors (Lipinski definition) is 4. The lowest BCUT2D eigenvalue weighted by Gasteiger charge is -2.13. The van der Waals surface area contributed by atoms with Gasteiger partial charge in [-0.25, -0.2) is 8.78 Å². The third kappa shape index (κ3) is 5.04. The highest BCUT2D eigenvalue weighted by Crippen LogP contribution is 2.25. The summed E-state index contributed by atoms with van der Waals surface area (Å²) in [6.45, 7) is 1.39. The first-order valence-electron chi connectivity index (χ1n) is 5.59. The van der Waals surface area contributed by atoms with E-state index in [9.17, 15) is 31.5 Å². The van der Waals surface area contributed by atoms with Gasteiger partial charge in [-0.05, 0) is 6.92 Å². The zero-order chi connectivity index (χ0) is 16.2. The minimum Gasteiger partial charge on any atom is -0.466 e. The fourth-order valence-electron chi connectivity index (χ4n) is 1.45. The van der Waals surface area contributed by atoms with Crippen molar-refractivity contribution in [2.75, 3.05) is 6.61 Å². The van der Waals surface area contributed by atoms with E-state index in [1.807, 2.05) is 4.98 Å². The first-order chi connectivity index (χ1) is 9.64. The Hall–Kier alpha value is -2.13. The topological polar surface area (TPSA) is 68.4 Å². The monoisotopic (exact) mass is 315 g/mol. The average Bonchev–Trinajstić information content (AvgIpc) is 2.31. The molecule has 0 spiro atoms. The van der Waals surface area contributed by atoms with E-state index in [2.05, 4.69) is 9.47 Å². The van der Waals surface area contributed by atoms with Crippen LogP contribution in [0.1, 0.15) is 24.7 Å². The second-order valence-corrected chi connectivity index (χ2v) is 3.73. The molecule has 118 valence electrons. The highest BCUT2D eigenvalue weighted by Gasteiger charge is 2.34. The normalized spacial score (nSPS) is 11.6. The van der Waals surface area contributed by atoms with Gasteiger partial charge in [-0.3, -0.25) is 9.59 Å². The van der Waals surface area contributed by atoms with Gasteiger partial charge in [0.15, 0.2) is 5.75 Å². The quantitative estimate of drug-likeness (QED) is 0.669. The van der Waals surface area contributed by atoms with Crippen molar-refractivity contribution in [1.29, 1.82) is 0 Å². The first kappa shape index (κ1) is 16.9. The summed E-state index contributed by atoms with van der Waals surface area (Å²) >= 11 is 0. The van der Waals surface area contributed by atoms with Crippen molar-refractivity contribution in [3.63, 3.8) is 0 Å². The van der Waals surface area contributed by atoms with Gasteiger partial charge in [-0.1, -0.05) is 0 Å². The van der Waals surface area contributed by atoms with E-state index in [0.29, 0.717) is 0 Å². The smallest absolute Gasteiger partial charge is 0.466 e. The largest absolute Gasteiger partial charge is 0.573 e. The molecular weight excluding hydrogens is 305 g/mol.